The Balaban J connectivity index is 1.43. The summed E-state index contributed by atoms with van der Waals surface area (Å²) in [4.78, 5) is 17.1. The van der Waals surface area contributed by atoms with Gasteiger partial charge in [-0.25, -0.2) is 4.79 Å². The van der Waals surface area contributed by atoms with Gasteiger partial charge in [0, 0.05) is 37.0 Å². The fraction of sp³-hybridized carbons (Fsp3) is 0.519. The van der Waals surface area contributed by atoms with E-state index in [1.54, 1.807) is 14.2 Å². The molecule has 2 aliphatic rings. The molecule has 7 nitrogen and oxygen atoms in total. The summed E-state index contributed by atoms with van der Waals surface area (Å²) >= 11 is 0. The van der Waals surface area contributed by atoms with E-state index in [4.69, 9.17) is 19.9 Å². The fourth-order valence-electron chi connectivity index (χ4n) is 4.49. The summed E-state index contributed by atoms with van der Waals surface area (Å²) in [6.45, 7) is 2.98. The molecule has 2 amide bonds. The molecule has 2 fully saturated rings. The lowest BCUT2D eigenvalue weighted by atomic mass is 10.1. The molecule has 2 aromatic rings. The maximum absolute atomic E-state index is 13.4. The molecule has 1 saturated heterocycles. The van der Waals surface area contributed by atoms with Crippen LogP contribution in [0.5, 0.6) is 17.2 Å². The Labute approximate surface area is 202 Å². The quantitative estimate of drug-likeness (QED) is 0.447. The fourth-order valence-corrected chi connectivity index (χ4v) is 4.49. The number of benzene rings is 2. The lowest BCUT2D eigenvalue weighted by Crippen LogP contribution is -2.49. The van der Waals surface area contributed by atoms with E-state index in [0.29, 0.717) is 44.3 Å². The molecule has 2 aromatic carbocycles. The number of hydrogen-bond acceptors (Lipinski definition) is 5. The van der Waals surface area contributed by atoms with Crippen molar-refractivity contribution in [2.75, 3.05) is 38.8 Å². The Morgan fingerprint density at radius 3 is 2.53 bits per heavy atom. The van der Waals surface area contributed by atoms with Crippen molar-refractivity contribution in [2.24, 2.45) is 11.7 Å². The average molecular weight is 468 g/mol. The zero-order valence-electron chi connectivity index (χ0n) is 20.4. The van der Waals surface area contributed by atoms with Crippen molar-refractivity contribution in [3.63, 3.8) is 0 Å². The molecule has 0 spiro atoms. The molecule has 1 aliphatic carbocycles. The van der Waals surface area contributed by atoms with Crippen LogP contribution in [0.1, 0.15) is 49.7 Å². The Bertz CT molecular complexity index is 976. The van der Waals surface area contributed by atoms with Crippen LogP contribution >= 0.6 is 0 Å². The first-order valence-corrected chi connectivity index (χ1v) is 12.4. The standard InChI is InChI=1S/C27H37N3O4/c1-32-24-12-11-23(17-26(24)34-15-4-3-6-20-7-8-20)30-14-5-13-29(27(30)31)19-22-10-9-21(18-28)16-25(22)33-2/h9-12,16-17,20H,3-8,13-15,18-19,28H2,1-2H3. The van der Waals surface area contributed by atoms with Crippen LogP contribution in [-0.4, -0.2) is 44.8 Å². The highest BCUT2D eigenvalue weighted by atomic mass is 16.5. The molecule has 7 heteroatoms. The number of unbranched alkanes of at least 4 members (excludes halogenated alkanes) is 1. The third-order valence-electron chi connectivity index (χ3n) is 6.68. The number of ether oxygens (including phenoxy) is 3. The van der Waals surface area contributed by atoms with Gasteiger partial charge >= 0.3 is 6.03 Å². The lowest BCUT2D eigenvalue weighted by Gasteiger charge is -2.36. The zero-order chi connectivity index (χ0) is 23.9. The van der Waals surface area contributed by atoms with E-state index in [9.17, 15) is 4.79 Å². The van der Waals surface area contributed by atoms with Crippen molar-refractivity contribution in [1.82, 2.24) is 4.90 Å². The van der Waals surface area contributed by atoms with Crippen LogP contribution < -0.4 is 24.8 Å². The second-order valence-electron chi connectivity index (χ2n) is 9.18. The molecule has 1 heterocycles. The highest BCUT2D eigenvalue weighted by Gasteiger charge is 2.28. The summed E-state index contributed by atoms with van der Waals surface area (Å²) in [6, 6.07) is 11.7. The second-order valence-corrected chi connectivity index (χ2v) is 9.18. The van der Waals surface area contributed by atoms with Crippen LogP contribution in [-0.2, 0) is 13.1 Å². The first kappa shape index (κ1) is 24.2. The van der Waals surface area contributed by atoms with Gasteiger partial charge in [-0.05, 0) is 48.9 Å². The lowest BCUT2D eigenvalue weighted by molar-refractivity contribution is 0.191. The van der Waals surface area contributed by atoms with Crippen LogP contribution in [0.25, 0.3) is 0 Å². The first-order valence-electron chi connectivity index (χ1n) is 12.4. The van der Waals surface area contributed by atoms with Gasteiger partial charge in [0.1, 0.15) is 5.75 Å². The summed E-state index contributed by atoms with van der Waals surface area (Å²) in [5.41, 5.74) is 8.56. The van der Waals surface area contributed by atoms with E-state index in [-0.39, 0.29) is 6.03 Å². The predicted molar refractivity (Wildman–Crippen MR) is 134 cm³/mol. The third kappa shape index (κ3) is 5.95. The minimum atomic E-state index is -0.0169. The molecule has 0 radical (unpaired) electrons. The van der Waals surface area contributed by atoms with Gasteiger partial charge in [0.25, 0.3) is 0 Å². The molecule has 2 N–H and O–H groups in total. The number of carbonyl (C=O) groups excluding carboxylic acids is 1. The van der Waals surface area contributed by atoms with Gasteiger partial charge in [0.05, 0.1) is 27.4 Å². The molecule has 0 atom stereocenters. The van der Waals surface area contributed by atoms with Crippen molar-refractivity contribution in [1.29, 1.82) is 0 Å². The first-order chi connectivity index (χ1) is 16.6. The summed E-state index contributed by atoms with van der Waals surface area (Å²) < 4.78 is 17.1. The topological polar surface area (TPSA) is 77.3 Å². The Hall–Kier alpha value is -2.93. The zero-order valence-corrected chi connectivity index (χ0v) is 20.4. The number of nitrogens with two attached hydrogens (primary N) is 1. The van der Waals surface area contributed by atoms with E-state index < -0.39 is 0 Å². The van der Waals surface area contributed by atoms with Gasteiger partial charge in [0.15, 0.2) is 11.5 Å². The molecule has 0 unspecified atom stereocenters. The second kappa shape index (κ2) is 11.5. The van der Waals surface area contributed by atoms with Crippen molar-refractivity contribution >= 4 is 11.7 Å². The number of rotatable bonds is 12. The number of hydrogen-bond donors (Lipinski definition) is 1. The minimum Gasteiger partial charge on any atom is -0.496 e. The van der Waals surface area contributed by atoms with E-state index in [2.05, 4.69) is 0 Å². The van der Waals surface area contributed by atoms with Gasteiger partial charge in [-0.2, -0.15) is 0 Å². The highest BCUT2D eigenvalue weighted by Crippen LogP contribution is 2.35. The molecule has 0 bridgehead atoms. The van der Waals surface area contributed by atoms with Crippen LogP contribution in [0.15, 0.2) is 36.4 Å². The van der Waals surface area contributed by atoms with Gasteiger partial charge in [-0.1, -0.05) is 31.4 Å². The number of amides is 2. The highest BCUT2D eigenvalue weighted by molar-refractivity contribution is 5.93. The van der Waals surface area contributed by atoms with Crippen LogP contribution in [0.2, 0.25) is 0 Å². The maximum Gasteiger partial charge on any atom is 0.324 e. The van der Waals surface area contributed by atoms with E-state index in [0.717, 1.165) is 41.3 Å². The number of urea groups is 1. The molecule has 34 heavy (non-hydrogen) atoms. The maximum atomic E-state index is 13.4. The van der Waals surface area contributed by atoms with Crippen LogP contribution in [0.3, 0.4) is 0 Å². The number of anilines is 1. The van der Waals surface area contributed by atoms with Gasteiger partial charge in [-0.3, -0.25) is 4.90 Å². The van der Waals surface area contributed by atoms with Crippen molar-refractivity contribution in [3.8, 4) is 17.2 Å². The van der Waals surface area contributed by atoms with Crippen LogP contribution in [0.4, 0.5) is 10.5 Å². The molecule has 1 saturated carbocycles. The summed E-state index contributed by atoms with van der Waals surface area (Å²) in [7, 11) is 3.29. The van der Waals surface area contributed by atoms with Crippen molar-refractivity contribution < 1.29 is 19.0 Å². The normalized spacial score (nSPS) is 16.0. The van der Waals surface area contributed by atoms with E-state index in [1.807, 2.05) is 46.2 Å². The van der Waals surface area contributed by atoms with E-state index >= 15 is 0 Å². The molecule has 184 valence electrons. The molecule has 0 aromatic heterocycles. The monoisotopic (exact) mass is 467 g/mol. The Morgan fingerprint density at radius 2 is 1.79 bits per heavy atom. The Kier molecular flexibility index (Phi) is 8.16. The molecule has 1 aliphatic heterocycles. The summed E-state index contributed by atoms with van der Waals surface area (Å²) in [6.07, 6.45) is 7.20. The molecular weight excluding hydrogens is 430 g/mol. The number of methoxy groups -OCH3 is 2. The number of carbonyl (C=O) groups is 1. The molecule has 4 rings (SSSR count). The smallest absolute Gasteiger partial charge is 0.324 e. The third-order valence-corrected chi connectivity index (χ3v) is 6.68. The van der Waals surface area contributed by atoms with Gasteiger partial charge < -0.3 is 24.8 Å². The van der Waals surface area contributed by atoms with E-state index in [1.165, 1.54) is 25.7 Å². The predicted octanol–water partition coefficient (Wildman–Crippen LogP) is 4.95. The van der Waals surface area contributed by atoms with Gasteiger partial charge in [0.2, 0.25) is 0 Å². The largest absolute Gasteiger partial charge is 0.496 e. The average Bonchev–Trinajstić information content (AvgIpc) is 3.69. The summed E-state index contributed by atoms with van der Waals surface area (Å²) in [5, 5.41) is 0. The van der Waals surface area contributed by atoms with Crippen molar-refractivity contribution in [2.45, 2.75) is 51.6 Å². The number of nitrogens with zero attached hydrogens (tertiary/aromatic N) is 2. The van der Waals surface area contributed by atoms with Gasteiger partial charge in [-0.15, -0.1) is 0 Å². The minimum absolute atomic E-state index is 0.0169. The van der Waals surface area contributed by atoms with Crippen LogP contribution in [0, 0.1) is 5.92 Å². The Morgan fingerprint density at radius 1 is 0.971 bits per heavy atom. The SMILES string of the molecule is COc1cc(CN)ccc1CN1CCCN(c2ccc(OC)c(OCCCCC3CC3)c2)C1=O. The summed E-state index contributed by atoms with van der Waals surface area (Å²) in [5.74, 6) is 3.09. The molecular formula is C27H37N3O4. The van der Waals surface area contributed by atoms with Crippen molar-refractivity contribution in [3.05, 3.63) is 47.5 Å².